The van der Waals surface area contributed by atoms with Crippen molar-refractivity contribution in [2.75, 3.05) is 18.0 Å². The monoisotopic (exact) mass is 400 g/mol. The lowest BCUT2D eigenvalue weighted by molar-refractivity contribution is -0.124. The summed E-state index contributed by atoms with van der Waals surface area (Å²) in [6.45, 7) is 6.92. The van der Waals surface area contributed by atoms with Gasteiger partial charge in [0.25, 0.3) is 5.91 Å². The molecule has 130 valence electrons. The summed E-state index contributed by atoms with van der Waals surface area (Å²) >= 11 is 3.37. The van der Waals surface area contributed by atoms with Gasteiger partial charge in [0.15, 0.2) is 0 Å². The fourth-order valence-electron chi connectivity index (χ4n) is 3.06. The molecule has 1 aliphatic rings. The summed E-state index contributed by atoms with van der Waals surface area (Å²) < 4.78 is 0.924. The Morgan fingerprint density at radius 2 is 1.72 bits per heavy atom. The van der Waals surface area contributed by atoms with Gasteiger partial charge in [-0.3, -0.25) is 9.59 Å². The quantitative estimate of drug-likeness (QED) is 0.765. The highest BCUT2D eigenvalue weighted by Crippen LogP contribution is 2.24. The SMILES string of the molecule is Cc1ccc(N2CCN(C(=O)c3ccc(Br)cc3)[C@@H](C)C2=O)cc1C. The summed E-state index contributed by atoms with van der Waals surface area (Å²) in [5, 5.41) is 0. The highest BCUT2D eigenvalue weighted by atomic mass is 79.9. The van der Waals surface area contributed by atoms with Gasteiger partial charge < -0.3 is 9.80 Å². The third kappa shape index (κ3) is 3.47. The largest absolute Gasteiger partial charge is 0.325 e. The van der Waals surface area contributed by atoms with Crippen LogP contribution >= 0.6 is 15.9 Å². The lowest BCUT2D eigenvalue weighted by atomic mass is 10.1. The van der Waals surface area contributed by atoms with Crippen LogP contribution in [0.4, 0.5) is 5.69 Å². The van der Waals surface area contributed by atoms with Gasteiger partial charge in [0.1, 0.15) is 6.04 Å². The number of hydrogen-bond donors (Lipinski definition) is 0. The van der Waals surface area contributed by atoms with Crippen LogP contribution < -0.4 is 4.90 Å². The number of amides is 2. The summed E-state index contributed by atoms with van der Waals surface area (Å²) in [5.41, 5.74) is 3.86. The zero-order chi connectivity index (χ0) is 18.1. The van der Waals surface area contributed by atoms with Crippen molar-refractivity contribution >= 4 is 33.4 Å². The molecule has 0 bridgehead atoms. The molecule has 25 heavy (non-hydrogen) atoms. The number of hydrogen-bond acceptors (Lipinski definition) is 2. The molecule has 0 aromatic heterocycles. The number of piperazine rings is 1. The van der Waals surface area contributed by atoms with Gasteiger partial charge in [-0.2, -0.15) is 0 Å². The summed E-state index contributed by atoms with van der Waals surface area (Å²) in [5.74, 6) is -0.145. The minimum Gasteiger partial charge on any atom is -0.325 e. The highest BCUT2D eigenvalue weighted by molar-refractivity contribution is 9.10. The third-order valence-electron chi connectivity index (χ3n) is 4.81. The topological polar surface area (TPSA) is 40.6 Å². The first-order valence-corrected chi connectivity index (χ1v) is 9.13. The summed E-state index contributed by atoms with van der Waals surface area (Å²) in [7, 11) is 0. The van der Waals surface area contributed by atoms with Crippen LogP contribution in [0.5, 0.6) is 0 Å². The molecule has 1 fully saturated rings. The molecule has 0 N–H and O–H groups in total. The van der Waals surface area contributed by atoms with Crippen molar-refractivity contribution in [2.24, 2.45) is 0 Å². The standard InChI is InChI=1S/C20H21BrN2O2/c1-13-4-9-18(12-14(13)2)23-11-10-22(15(3)19(23)24)20(25)16-5-7-17(21)8-6-16/h4-9,12,15H,10-11H2,1-3H3/t15-/m0/s1. The first-order valence-electron chi connectivity index (χ1n) is 8.33. The van der Waals surface area contributed by atoms with Crippen LogP contribution in [-0.2, 0) is 4.79 Å². The van der Waals surface area contributed by atoms with E-state index in [2.05, 4.69) is 22.9 Å². The van der Waals surface area contributed by atoms with Crippen LogP contribution in [0, 0.1) is 13.8 Å². The maximum Gasteiger partial charge on any atom is 0.254 e. The number of benzene rings is 2. The molecule has 4 nitrogen and oxygen atoms in total. The van der Waals surface area contributed by atoms with E-state index in [0.717, 1.165) is 15.7 Å². The number of nitrogens with zero attached hydrogens (tertiary/aromatic N) is 2. The first kappa shape index (κ1) is 17.7. The van der Waals surface area contributed by atoms with E-state index in [4.69, 9.17) is 0 Å². The Bertz CT molecular complexity index is 817. The van der Waals surface area contributed by atoms with Crippen LogP contribution in [0.15, 0.2) is 46.9 Å². The molecule has 2 aromatic rings. The van der Waals surface area contributed by atoms with Crippen LogP contribution in [-0.4, -0.2) is 35.8 Å². The van der Waals surface area contributed by atoms with Gasteiger partial charge in [0, 0.05) is 28.8 Å². The average Bonchev–Trinajstić information content (AvgIpc) is 2.60. The minimum atomic E-state index is -0.480. The van der Waals surface area contributed by atoms with Gasteiger partial charge >= 0.3 is 0 Å². The second kappa shape index (κ2) is 7.00. The Labute approximate surface area is 156 Å². The van der Waals surface area contributed by atoms with Crippen molar-refractivity contribution in [3.63, 3.8) is 0 Å². The molecule has 0 radical (unpaired) electrons. The van der Waals surface area contributed by atoms with Gasteiger partial charge in [0.05, 0.1) is 0 Å². The van der Waals surface area contributed by atoms with E-state index >= 15 is 0 Å². The molecule has 3 rings (SSSR count). The first-order chi connectivity index (χ1) is 11.9. The Morgan fingerprint density at radius 3 is 2.36 bits per heavy atom. The molecule has 1 heterocycles. The molecule has 0 aliphatic carbocycles. The molecule has 0 saturated carbocycles. The fourth-order valence-corrected chi connectivity index (χ4v) is 3.32. The smallest absolute Gasteiger partial charge is 0.254 e. The van der Waals surface area contributed by atoms with Gasteiger partial charge in [-0.15, -0.1) is 0 Å². The maximum atomic E-state index is 12.8. The average molecular weight is 401 g/mol. The van der Waals surface area contributed by atoms with E-state index < -0.39 is 6.04 Å². The van der Waals surface area contributed by atoms with E-state index in [1.165, 1.54) is 5.56 Å². The van der Waals surface area contributed by atoms with Crippen molar-refractivity contribution in [2.45, 2.75) is 26.8 Å². The van der Waals surface area contributed by atoms with Gasteiger partial charge in [-0.1, -0.05) is 22.0 Å². The molecule has 1 atom stereocenters. The predicted molar refractivity (Wildman–Crippen MR) is 103 cm³/mol. The van der Waals surface area contributed by atoms with Gasteiger partial charge in [0.2, 0.25) is 5.91 Å². The molecule has 1 aliphatic heterocycles. The number of halogens is 1. The number of aryl methyl sites for hydroxylation is 2. The van der Waals surface area contributed by atoms with Gasteiger partial charge in [-0.05, 0) is 68.3 Å². The molecule has 0 spiro atoms. The van der Waals surface area contributed by atoms with Crippen LogP contribution in [0.3, 0.4) is 0 Å². The fraction of sp³-hybridized carbons (Fsp3) is 0.300. The third-order valence-corrected chi connectivity index (χ3v) is 5.34. The summed E-state index contributed by atoms with van der Waals surface area (Å²) in [6, 6.07) is 12.8. The van der Waals surface area contributed by atoms with E-state index in [1.54, 1.807) is 28.9 Å². The predicted octanol–water partition coefficient (Wildman–Crippen LogP) is 3.94. The molecule has 2 aromatic carbocycles. The summed E-state index contributed by atoms with van der Waals surface area (Å²) in [6.07, 6.45) is 0. The molecule has 1 saturated heterocycles. The molecule has 5 heteroatoms. The Hall–Kier alpha value is -2.14. The van der Waals surface area contributed by atoms with Gasteiger partial charge in [-0.25, -0.2) is 0 Å². The second-order valence-electron chi connectivity index (χ2n) is 6.44. The number of carbonyl (C=O) groups excluding carboxylic acids is 2. The molecular formula is C20H21BrN2O2. The van der Waals surface area contributed by atoms with Crippen molar-refractivity contribution in [3.05, 3.63) is 63.6 Å². The van der Waals surface area contributed by atoms with E-state index in [9.17, 15) is 9.59 Å². The van der Waals surface area contributed by atoms with Crippen molar-refractivity contribution in [3.8, 4) is 0 Å². The molecule has 0 unspecified atom stereocenters. The number of rotatable bonds is 2. The van der Waals surface area contributed by atoms with Crippen LogP contribution in [0.25, 0.3) is 0 Å². The Kier molecular flexibility index (Phi) is 4.95. The highest BCUT2D eigenvalue weighted by Gasteiger charge is 2.35. The lowest BCUT2D eigenvalue weighted by Crippen LogP contribution is -2.57. The van der Waals surface area contributed by atoms with E-state index in [-0.39, 0.29) is 11.8 Å². The van der Waals surface area contributed by atoms with Crippen molar-refractivity contribution in [1.29, 1.82) is 0 Å². The molecular weight excluding hydrogens is 380 g/mol. The van der Waals surface area contributed by atoms with Crippen LogP contribution in [0.1, 0.15) is 28.4 Å². The zero-order valence-corrected chi connectivity index (χ0v) is 16.2. The number of carbonyl (C=O) groups is 2. The van der Waals surface area contributed by atoms with E-state index in [1.807, 2.05) is 37.3 Å². The van der Waals surface area contributed by atoms with Crippen molar-refractivity contribution in [1.82, 2.24) is 4.90 Å². The van der Waals surface area contributed by atoms with Crippen molar-refractivity contribution < 1.29 is 9.59 Å². The second-order valence-corrected chi connectivity index (χ2v) is 7.36. The minimum absolute atomic E-state index is 0.0417. The zero-order valence-electron chi connectivity index (χ0n) is 14.6. The van der Waals surface area contributed by atoms with Crippen LogP contribution in [0.2, 0.25) is 0 Å². The van der Waals surface area contributed by atoms with E-state index in [0.29, 0.717) is 18.7 Å². The Balaban J connectivity index is 1.80. The Morgan fingerprint density at radius 1 is 1.04 bits per heavy atom. The molecule has 2 amide bonds. The lowest BCUT2D eigenvalue weighted by Gasteiger charge is -2.39. The summed E-state index contributed by atoms with van der Waals surface area (Å²) in [4.78, 5) is 29.0. The normalized spacial score (nSPS) is 17.8. The number of anilines is 1. The maximum absolute atomic E-state index is 12.8.